The lowest BCUT2D eigenvalue weighted by molar-refractivity contribution is -0.116. The third-order valence-corrected chi connectivity index (χ3v) is 8.08. The Balaban J connectivity index is 1.38. The average Bonchev–Trinajstić information content (AvgIpc) is 3.06. The van der Waals surface area contributed by atoms with E-state index in [1.54, 1.807) is 60.7 Å². The average molecular weight is 616 g/mol. The van der Waals surface area contributed by atoms with Gasteiger partial charge in [-0.2, -0.15) is 0 Å². The number of aryl methyl sites for hydroxylation is 1. The van der Waals surface area contributed by atoms with Crippen LogP contribution in [0.25, 0.3) is 6.08 Å². The summed E-state index contributed by atoms with van der Waals surface area (Å²) >= 11 is 1.27. The van der Waals surface area contributed by atoms with E-state index in [4.69, 9.17) is 0 Å². The highest BCUT2D eigenvalue weighted by atomic mass is 32.2. The maximum absolute atomic E-state index is 14.3. The van der Waals surface area contributed by atoms with Crippen LogP contribution >= 0.6 is 11.8 Å². The van der Waals surface area contributed by atoms with Gasteiger partial charge in [0, 0.05) is 16.1 Å². The molecule has 5 rings (SSSR count). The second-order valence-electron chi connectivity index (χ2n) is 10.1. The molecule has 224 valence electrons. The fourth-order valence-corrected chi connectivity index (χ4v) is 5.57. The highest BCUT2D eigenvalue weighted by Crippen LogP contribution is 2.37. The van der Waals surface area contributed by atoms with Crippen LogP contribution in [0.15, 0.2) is 144 Å². The van der Waals surface area contributed by atoms with Gasteiger partial charge in [0.1, 0.15) is 16.8 Å². The van der Waals surface area contributed by atoms with E-state index < -0.39 is 28.8 Å². The second-order valence-corrected chi connectivity index (χ2v) is 11.3. The van der Waals surface area contributed by atoms with Gasteiger partial charge in [-0.25, -0.2) is 4.39 Å². The summed E-state index contributed by atoms with van der Waals surface area (Å²) in [6.07, 6.45) is 1.64. The van der Waals surface area contributed by atoms with Crippen molar-refractivity contribution in [1.82, 2.24) is 5.32 Å². The Bertz CT molecular complexity index is 1840. The first-order valence-corrected chi connectivity index (χ1v) is 15.1. The van der Waals surface area contributed by atoms with Crippen LogP contribution in [0, 0.1) is 12.7 Å². The zero-order chi connectivity index (χ0) is 31.6. The quantitative estimate of drug-likeness (QED) is 0.110. The summed E-state index contributed by atoms with van der Waals surface area (Å²) in [6.45, 7) is 1.92. The zero-order valence-electron chi connectivity index (χ0n) is 24.4. The fourth-order valence-electron chi connectivity index (χ4n) is 4.49. The summed E-state index contributed by atoms with van der Waals surface area (Å²) in [6, 6.07) is 38.5. The van der Waals surface area contributed by atoms with Crippen molar-refractivity contribution in [2.24, 2.45) is 0 Å². The molecule has 3 N–H and O–H groups in total. The number of halogens is 1. The zero-order valence-corrected chi connectivity index (χ0v) is 25.2. The van der Waals surface area contributed by atoms with Gasteiger partial charge in [-0.3, -0.25) is 14.4 Å². The monoisotopic (exact) mass is 615 g/mol. The molecule has 1 unspecified atom stereocenters. The van der Waals surface area contributed by atoms with Crippen LogP contribution in [-0.4, -0.2) is 17.7 Å². The Morgan fingerprint density at radius 1 is 0.733 bits per heavy atom. The fraction of sp³-hybridized carbons (Fsp3) is 0.0541. The highest BCUT2D eigenvalue weighted by molar-refractivity contribution is 8.00. The van der Waals surface area contributed by atoms with Crippen LogP contribution in [0.1, 0.15) is 32.3 Å². The van der Waals surface area contributed by atoms with Crippen molar-refractivity contribution in [2.75, 3.05) is 10.6 Å². The predicted molar refractivity (Wildman–Crippen MR) is 178 cm³/mol. The van der Waals surface area contributed by atoms with Gasteiger partial charge in [0.2, 0.25) is 5.91 Å². The molecule has 0 aliphatic heterocycles. The molecule has 1 atom stereocenters. The molecule has 0 saturated carbocycles. The first-order valence-electron chi connectivity index (χ1n) is 14.2. The molecule has 5 aromatic carbocycles. The lowest BCUT2D eigenvalue weighted by atomic mass is 10.1. The smallest absolute Gasteiger partial charge is 0.272 e. The van der Waals surface area contributed by atoms with Crippen molar-refractivity contribution in [3.8, 4) is 0 Å². The minimum Gasteiger partial charge on any atom is -0.322 e. The van der Waals surface area contributed by atoms with Crippen molar-refractivity contribution >= 4 is 46.9 Å². The molecule has 45 heavy (non-hydrogen) atoms. The lowest BCUT2D eigenvalue weighted by Crippen LogP contribution is -2.30. The first kappa shape index (κ1) is 31.0. The standard InChI is InChI=1S/C37H30FN3O3S/c1-25-13-8-9-18-28(25)23-33(41-35(42)27-16-6-3-7-17-27)36(43)39-29-19-12-20-30(24-29)45-34(26-14-4-2-5-15-26)37(44)40-32-22-11-10-21-31(32)38/h2-24,34H,1H3,(H,39,43)(H,40,44)(H,41,42)/b33-23-. The van der Waals surface area contributed by atoms with Gasteiger partial charge in [0.15, 0.2) is 0 Å². The second kappa shape index (κ2) is 14.8. The van der Waals surface area contributed by atoms with E-state index in [1.165, 1.54) is 23.9 Å². The maximum Gasteiger partial charge on any atom is 0.272 e. The molecule has 0 heterocycles. The molecule has 5 aromatic rings. The molecule has 3 amide bonds. The predicted octanol–water partition coefficient (Wildman–Crippen LogP) is 8.02. The van der Waals surface area contributed by atoms with Crippen LogP contribution in [0.5, 0.6) is 0 Å². The Morgan fingerprint density at radius 2 is 1.40 bits per heavy atom. The number of para-hydroxylation sites is 1. The summed E-state index contributed by atoms with van der Waals surface area (Å²) in [5.41, 5.74) is 3.51. The van der Waals surface area contributed by atoms with Crippen molar-refractivity contribution in [3.63, 3.8) is 0 Å². The van der Waals surface area contributed by atoms with Gasteiger partial charge in [0.25, 0.3) is 11.8 Å². The van der Waals surface area contributed by atoms with E-state index in [0.29, 0.717) is 16.1 Å². The Labute approximate surface area is 265 Å². The van der Waals surface area contributed by atoms with E-state index in [1.807, 2.05) is 73.7 Å². The minimum absolute atomic E-state index is 0.0719. The number of anilines is 2. The van der Waals surface area contributed by atoms with Crippen molar-refractivity contribution in [1.29, 1.82) is 0 Å². The lowest BCUT2D eigenvalue weighted by Gasteiger charge is -2.18. The van der Waals surface area contributed by atoms with Crippen LogP contribution in [0.2, 0.25) is 0 Å². The van der Waals surface area contributed by atoms with E-state index in [2.05, 4.69) is 16.0 Å². The van der Waals surface area contributed by atoms with Crippen molar-refractivity contribution < 1.29 is 18.8 Å². The van der Waals surface area contributed by atoms with E-state index in [9.17, 15) is 18.8 Å². The number of carbonyl (C=O) groups excluding carboxylic acids is 3. The number of hydrogen-bond donors (Lipinski definition) is 3. The molecule has 0 aromatic heterocycles. The van der Waals surface area contributed by atoms with Gasteiger partial charge >= 0.3 is 0 Å². The van der Waals surface area contributed by atoms with Gasteiger partial charge in [-0.05, 0) is 72.2 Å². The molecule has 0 spiro atoms. The third kappa shape index (κ3) is 8.34. The summed E-state index contributed by atoms with van der Waals surface area (Å²) < 4.78 is 14.3. The van der Waals surface area contributed by atoms with Crippen molar-refractivity contribution in [2.45, 2.75) is 17.1 Å². The summed E-state index contributed by atoms with van der Waals surface area (Å²) in [4.78, 5) is 40.7. The molecule has 0 aliphatic carbocycles. The Kier molecular flexibility index (Phi) is 10.2. The number of benzene rings is 5. The van der Waals surface area contributed by atoms with Crippen LogP contribution in [-0.2, 0) is 9.59 Å². The van der Waals surface area contributed by atoms with Crippen LogP contribution in [0.3, 0.4) is 0 Å². The SMILES string of the molecule is Cc1ccccc1/C=C(\NC(=O)c1ccccc1)C(=O)Nc1cccc(SC(C(=O)Nc2ccccc2F)c2ccccc2)c1. The molecule has 8 heteroatoms. The molecular weight excluding hydrogens is 585 g/mol. The highest BCUT2D eigenvalue weighted by Gasteiger charge is 2.23. The largest absolute Gasteiger partial charge is 0.322 e. The number of rotatable bonds is 10. The molecular formula is C37H30FN3O3S. The van der Waals surface area contributed by atoms with E-state index in [-0.39, 0.29) is 11.4 Å². The van der Waals surface area contributed by atoms with Gasteiger partial charge in [-0.1, -0.05) is 91.0 Å². The normalized spacial score (nSPS) is 11.7. The van der Waals surface area contributed by atoms with Gasteiger partial charge in [0.05, 0.1) is 5.69 Å². The molecule has 0 aliphatic rings. The van der Waals surface area contributed by atoms with Gasteiger partial charge < -0.3 is 16.0 Å². The summed E-state index contributed by atoms with van der Waals surface area (Å²) in [5, 5.41) is 7.63. The van der Waals surface area contributed by atoms with E-state index in [0.717, 1.165) is 16.7 Å². The number of hydrogen-bond acceptors (Lipinski definition) is 4. The number of carbonyl (C=O) groups is 3. The van der Waals surface area contributed by atoms with Crippen molar-refractivity contribution in [3.05, 3.63) is 167 Å². The molecule has 0 radical (unpaired) electrons. The number of amides is 3. The molecule has 6 nitrogen and oxygen atoms in total. The van der Waals surface area contributed by atoms with Crippen LogP contribution < -0.4 is 16.0 Å². The molecule has 0 saturated heterocycles. The molecule has 0 bridgehead atoms. The maximum atomic E-state index is 14.3. The summed E-state index contributed by atoms with van der Waals surface area (Å²) in [7, 11) is 0. The number of nitrogens with one attached hydrogen (secondary N) is 3. The van der Waals surface area contributed by atoms with Crippen LogP contribution in [0.4, 0.5) is 15.8 Å². The minimum atomic E-state index is -0.710. The molecule has 0 fully saturated rings. The van der Waals surface area contributed by atoms with Gasteiger partial charge in [-0.15, -0.1) is 11.8 Å². The third-order valence-electron chi connectivity index (χ3n) is 6.84. The Hall–Kier alpha value is -5.47. The Morgan fingerprint density at radius 3 is 2.13 bits per heavy atom. The summed E-state index contributed by atoms with van der Waals surface area (Å²) in [5.74, 6) is -1.85. The topological polar surface area (TPSA) is 87.3 Å². The van der Waals surface area contributed by atoms with E-state index >= 15 is 0 Å². The number of thioether (sulfide) groups is 1. The first-order chi connectivity index (χ1) is 21.9.